The molecule has 48 heavy (non-hydrogen) atoms. The Labute approximate surface area is 280 Å². The van der Waals surface area contributed by atoms with Crippen molar-refractivity contribution in [2.75, 3.05) is 0 Å². The zero-order valence-corrected chi connectivity index (χ0v) is 26.1. The van der Waals surface area contributed by atoms with Crippen LogP contribution in [0, 0.1) is 0 Å². The highest BCUT2D eigenvalue weighted by atomic mass is 15.0. The summed E-state index contributed by atoms with van der Waals surface area (Å²) in [5.74, 6) is 1.93. The quantitative estimate of drug-likeness (QED) is 0.179. The molecule has 0 N–H and O–H groups in total. The van der Waals surface area contributed by atoms with Crippen LogP contribution >= 0.6 is 0 Å². The summed E-state index contributed by atoms with van der Waals surface area (Å²) in [4.78, 5) is 19.8. The summed E-state index contributed by atoms with van der Waals surface area (Å²) in [5, 5.41) is 0. The largest absolute Gasteiger partial charge is 0.248 e. The van der Waals surface area contributed by atoms with Gasteiger partial charge in [-0.25, -0.2) is 19.9 Å². The fourth-order valence-corrected chi connectivity index (χ4v) is 5.84. The van der Waals surface area contributed by atoms with E-state index < -0.39 is 0 Å². The van der Waals surface area contributed by atoms with Gasteiger partial charge in [-0.2, -0.15) is 0 Å². The topological polar surface area (TPSA) is 51.6 Å². The maximum Gasteiger partial charge on any atom is 0.164 e. The van der Waals surface area contributed by atoms with Crippen molar-refractivity contribution in [2.24, 2.45) is 0 Å². The van der Waals surface area contributed by atoms with E-state index in [9.17, 15) is 0 Å². The molecule has 0 spiro atoms. The molecule has 0 aliphatic rings. The Morgan fingerprint density at radius 1 is 0.208 bits per heavy atom. The molecule has 4 heteroatoms. The Morgan fingerprint density at radius 3 is 1.08 bits per heavy atom. The van der Waals surface area contributed by atoms with Gasteiger partial charge in [0, 0.05) is 27.8 Å². The van der Waals surface area contributed by atoms with Crippen LogP contribution < -0.4 is 0 Å². The van der Waals surface area contributed by atoms with E-state index in [-0.39, 0.29) is 0 Å². The maximum atomic E-state index is 5.10. The molecule has 2 aromatic heterocycles. The van der Waals surface area contributed by atoms with Crippen LogP contribution in [0.2, 0.25) is 0 Å². The van der Waals surface area contributed by atoms with E-state index in [1.807, 2.05) is 72.8 Å². The Hall–Kier alpha value is -6.52. The fourth-order valence-electron chi connectivity index (χ4n) is 5.84. The van der Waals surface area contributed by atoms with Crippen molar-refractivity contribution >= 4 is 0 Å². The Morgan fingerprint density at radius 2 is 0.562 bits per heavy atom. The minimum atomic E-state index is 0.636. The number of pyridine rings is 1. The summed E-state index contributed by atoms with van der Waals surface area (Å²) in [7, 11) is 0. The molecule has 0 fully saturated rings. The number of benzene rings is 6. The van der Waals surface area contributed by atoms with Crippen molar-refractivity contribution < 1.29 is 0 Å². The van der Waals surface area contributed by atoms with Crippen molar-refractivity contribution in [1.29, 1.82) is 0 Å². The van der Waals surface area contributed by atoms with Gasteiger partial charge in [-0.15, -0.1) is 0 Å². The SMILES string of the molecule is c1ccc(-c2cc(-c3ccccc3)nc(-c3ccc(-c4cccc(-c5nc(-c6ccccc6)nc(-c6ccccc6)n5)c4)cc3)c2)cc1. The third-order valence-corrected chi connectivity index (χ3v) is 8.34. The lowest BCUT2D eigenvalue weighted by atomic mass is 9.98. The predicted octanol–water partition coefficient (Wildman–Crippen LogP) is 10.9. The van der Waals surface area contributed by atoms with E-state index in [0.717, 1.165) is 61.5 Å². The first-order chi connectivity index (χ1) is 23.8. The van der Waals surface area contributed by atoms with Gasteiger partial charge >= 0.3 is 0 Å². The lowest BCUT2D eigenvalue weighted by Crippen LogP contribution is -2.00. The van der Waals surface area contributed by atoms with Crippen LogP contribution in [-0.2, 0) is 0 Å². The summed E-state index contributed by atoms with van der Waals surface area (Å²) in [6.07, 6.45) is 0. The lowest BCUT2D eigenvalue weighted by Gasteiger charge is -2.11. The molecule has 0 unspecified atom stereocenters. The minimum absolute atomic E-state index is 0.636. The molecule has 6 aromatic carbocycles. The first-order valence-electron chi connectivity index (χ1n) is 16.0. The van der Waals surface area contributed by atoms with Crippen molar-refractivity contribution in [2.45, 2.75) is 0 Å². The average molecular weight is 615 g/mol. The zero-order valence-electron chi connectivity index (χ0n) is 26.1. The summed E-state index contributed by atoms with van der Waals surface area (Å²) in [6.45, 7) is 0. The first-order valence-corrected chi connectivity index (χ1v) is 16.0. The molecule has 226 valence electrons. The van der Waals surface area contributed by atoms with E-state index in [0.29, 0.717) is 17.5 Å². The van der Waals surface area contributed by atoms with Gasteiger partial charge in [0.15, 0.2) is 17.5 Å². The molecule has 0 aliphatic heterocycles. The smallest absolute Gasteiger partial charge is 0.164 e. The molecule has 0 atom stereocenters. The van der Waals surface area contributed by atoms with Crippen LogP contribution in [0.3, 0.4) is 0 Å². The van der Waals surface area contributed by atoms with E-state index in [2.05, 4.69) is 109 Å². The molecule has 0 radical (unpaired) electrons. The van der Waals surface area contributed by atoms with E-state index in [1.165, 1.54) is 0 Å². The first kappa shape index (κ1) is 28.9. The van der Waals surface area contributed by atoms with E-state index >= 15 is 0 Å². The number of nitrogens with zero attached hydrogens (tertiary/aromatic N) is 4. The Kier molecular flexibility index (Phi) is 7.87. The molecule has 0 bridgehead atoms. The maximum absolute atomic E-state index is 5.10. The van der Waals surface area contributed by atoms with Crippen LogP contribution in [-0.4, -0.2) is 19.9 Å². The Balaban J connectivity index is 1.16. The molecule has 0 saturated heterocycles. The summed E-state index contributed by atoms with van der Waals surface area (Å²) >= 11 is 0. The van der Waals surface area contributed by atoms with Gasteiger partial charge < -0.3 is 0 Å². The predicted molar refractivity (Wildman–Crippen MR) is 196 cm³/mol. The third-order valence-electron chi connectivity index (χ3n) is 8.34. The summed E-state index contributed by atoms with van der Waals surface area (Å²) in [6, 6.07) is 62.3. The molecule has 0 saturated carbocycles. The molecule has 8 rings (SSSR count). The van der Waals surface area contributed by atoms with E-state index in [4.69, 9.17) is 19.9 Å². The van der Waals surface area contributed by atoms with Crippen LogP contribution in [0.5, 0.6) is 0 Å². The van der Waals surface area contributed by atoms with Crippen molar-refractivity contribution in [3.8, 4) is 78.9 Å². The molecule has 0 aliphatic carbocycles. The van der Waals surface area contributed by atoms with Crippen molar-refractivity contribution in [3.05, 3.63) is 182 Å². The standard InChI is InChI=1S/C44H30N4/c1-5-14-31(15-6-1)39-29-40(33-16-7-2-8-17-33)45-41(30-39)34-26-24-32(25-27-34)37-22-13-23-38(28-37)44-47-42(35-18-9-3-10-19-35)46-43(48-44)36-20-11-4-12-21-36/h1-30H. The van der Waals surface area contributed by atoms with E-state index in [1.54, 1.807) is 0 Å². The average Bonchev–Trinajstić information content (AvgIpc) is 3.19. The van der Waals surface area contributed by atoms with Gasteiger partial charge in [0.2, 0.25) is 0 Å². The Bertz CT molecular complexity index is 2190. The summed E-state index contributed by atoms with van der Waals surface area (Å²) in [5.41, 5.74) is 11.3. The number of rotatable bonds is 7. The van der Waals surface area contributed by atoms with Crippen LogP contribution in [0.1, 0.15) is 0 Å². The highest BCUT2D eigenvalue weighted by Gasteiger charge is 2.14. The normalized spacial score (nSPS) is 10.9. The van der Waals surface area contributed by atoms with Gasteiger partial charge in [-0.1, -0.05) is 164 Å². The summed E-state index contributed by atoms with van der Waals surface area (Å²) < 4.78 is 0. The van der Waals surface area contributed by atoms with Crippen LogP contribution in [0.25, 0.3) is 78.9 Å². The second kappa shape index (κ2) is 13.1. The van der Waals surface area contributed by atoms with Gasteiger partial charge in [-0.3, -0.25) is 0 Å². The van der Waals surface area contributed by atoms with Crippen LogP contribution in [0.15, 0.2) is 182 Å². The van der Waals surface area contributed by atoms with Gasteiger partial charge in [0.25, 0.3) is 0 Å². The zero-order chi connectivity index (χ0) is 32.1. The molecule has 2 heterocycles. The van der Waals surface area contributed by atoms with Gasteiger partial charge in [-0.05, 0) is 40.5 Å². The minimum Gasteiger partial charge on any atom is -0.248 e. The number of aromatic nitrogens is 4. The van der Waals surface area contributed by atoms with Crippen molar-refractivity contribution in [1.82, 2.24) is 19.9 Å². The van der Waals surface area contributed by atoms with Gasteiger partial charge in [0.05, 0.1) is 11.4 Å². The monoisotopic (exact) mass is 614 g/mol. The molecular weight excluding hydrogens is 585 g/mol. The highest BCUT2D eigenvalue weighted by molar-refractivity contribution is 5.78. The second-order valence-electron chi connectivity index (χ2n) is 11.6. The third kappa shape index (κ3) is 6.15. The highest BCUT2D eigenvalue weighted by Crippen LogP contribution is 2.33. The number of hydrogen-bond donors (Lipinski definition) is 0. The fraction of sp³-hybridized carbons (Fsp3) is 0. The van der Waals surface area contributed by atoms with Crippen molar-refractivity contribution in [3.63, 3.8) is 0 Å². The molecule has 0 amide bonds. The molecule has 8 aromatic rings. The second-order valence-corrected chi connectivity index (χ2v) is 11.6. The van der Waals surface area contributed by atoms with Gasteiger partial charge in [0.1, 0.15) is 0 Å². The van der Waals surface area contributed by atoms with Crippen LogP contribution in [0.4, 0.5) is 0 Å². The molecule has 4 nitrogen and oxygen atoms in total. The molecular formula is C44H30N4. The lowest BCUT2D eigenvalue weighted by molar-refractivity contribution is 1.07. The number of hydrogen-bond acceptors (Lipinski definition) is 4.